The molecule has 0 radical (unpaired) electrons. The Labute approximate surface area is 157 Å². The van der Waals surface area contributed by atoms with E-state index in [0.29, 0.717) is 25.4 Å². The fourth-order valence-electron chi connectivity index (χ4n) is 2.57. The largest absolute Gasteiger partial charge is 0.494 e. The lowest BCUT2D eigenvalue weighted by Gasteiger charge is -2.22. The molecule has 3 rings (SSSR count). The van der Waals surface area contributed by atoms with Gasteiger partial charge in [-0.15, -0.1) is 5.06 Å². The number of nitrogens with zero attached hydrogens (tertiary/aromatic N) is 1. The van der Waals surface area contributed by atoms with E-state index in [1.807, 2.05) is 43.3 Å². The molecule has 0 fully saturated rings. The van der Waals surface area contributed by atoms with Crippen LogP contribution in [0, 0.1) is 0 Å². The Morgan fingerprint density at radius 2 is 1.70 bits per heavy atom. The molecule has 0 spiro atoms. The molecule has 27 heavy (non-hydrogen) atoms. The van der Waals surface area contributed by atoms with Gasteiger partial charge in [0, 0.05) is 0 Å². The number of carboxylic acid groups (broad SMARTS) is 1. The summed E-state index contributed by atoms with van der Waals surface area (Å²) in [5.74, 6) is 1.17. The summed E-state index contributed by atoms with van der Waals surface area (Å²) in [6, 6.07) is 17.8. The molecule has 0 atom stereocenters. The van der Waals surface area contributed by atoms with E-state index >= 15 is 0 Å². The minimum absolute atomic E-state index is 0.214. The first kappa shape index (κ1) is 18.5. The molecule has 0 unspecified atom stereocenters. The highest BCUT2D eigenvalue weighted by Gasteiger charge is 2.12. The number of hydroxylamine groups is 2. The molecule has 0 bridgehead atoms. The van der Waals surface area contributed by atoms with Gasteiger partial charge in [-0.25, -0.2) is 4.79 Å². The maximum Gasteiger partial charge on any atom is 0.335 e. The molecule has 0 aliphatic rings. The smallest absolute Gasteiger partial charge is 0.335 e. The molecule has 6 heteroatoms. The fourth-order valence-corrected chi connectivity index (χ4v) is 2.57. The average Bonchev–Trinajstić information content (AvgIpc) is 3.17. The summed E-state index contributed by atoms with van der Waals surface area (Å²) in [7, 11) is 0. The van der Waals surface area contributed by atoms with Gasteiger partial charge in [-0.05, 0) is 61.0 Å². The van der Waals surface area contributed by atoms with Crippen LogP contribution < -0.4 is 9.57 Å². The van der Waals surface area contributed by atoms with Crippen molar-refractivity contribution in [3.63, 3.8) is 0 Å². The van der Waals surface area contributed by atoms with Gasteiger partial charge >= 0.3 is 5.97 Å². The lowest BCUT2D eigenvalue weighted by atomic mass is 10.2. The number of carboxylic acids is 1. The van der Waals surface area contributed by atoms with Crippen LogP contribution in [0.15, 0.2) is 71.3 Å². The van der Waals surface area contributed by atoms with Crippen LogP contribution in [0.25, 0.3) is 0 Å². The third-order valence-corrected chi connectivity index (χ3v) is 3.84. The SMILES string of the molecule is CCOc1ccc(CN(Cc2ccco2)Oc2ccc(C(=O)O)cc2)cc1. The van der Waals surface area contributed by atoms with E-state index in [4.69, 9.17) is 19.1 Å². The molecule has 0 aliphatic heterocycles. The van der Waals surface area contributed by atoms with Gasteiger partial charge in [-0.3, -0.25) is 0 Å². The Hall–Kier alpha value is -3.25. The van der Waals surface area contributed by atoms with Crippen molar-refractivity contribution < 1.29 is 23.9 Å². The van der Waals surface area contributed by atoms with E-state index in [1.54, 1.807) is 23.5 Å². The first-order chi connectivity index (χ1) is 13.1. The molecule has 0 amide bonds. The second-order valence-corrected chi connectivity index (χ2v) is 5.88. The van der Waals surface area contributed by atoms with Crippen LogP contribution in [0.2, 0.25) is 0 Å². The zero-order valence-electron chi connectivity index (χ0n) is 15.0. The van der Waals surface area contributed by atoms with Crippen molar-refractivity contribution in [3.8, 4) is 11.5 Å². The van der Waals surface area contributed by atoms with E-state index in [2.05, 4.69) is 0 Å². The van der Waals surface area contributed by atoms with Crippen molar-refractivity contribution in [2.45, 2.75) is 20.0 Å². The molecule has 2 aromatic carbocycles. The van der Waals surface area contributed by atoms with Crippen molar-refractivity contribution in [2.75, 3.05) is 6.61 Å². The maximum atomic E-state index is 11.0. The number of benzene rings is 2. The van der Waals surface area contributed by atoms with E-state index in [-0.39, 0.29) is 5.56 Å². The normalized spacial score (nSPS) is 10.7. The van der Waals surface area contributed by atoms with Gasteiger partial charge < -0.3 is 19.1 Å². The Bertz CT molecular complexity index is 841. The summed E-state index contributed by atoms with van der Waals surface area (Å²) in [6.07, 6.45) is 1.62. The number of hydrogen-bond donors (Lipinski definition) is 1. The van der Waals surface area contributed by atoms with Crippen LogP contribution >= 0.6 is 0 Å². The van der Waals surface area contributed by atoms with Gasteiger partial charge in [0.05, 0.1) is 31.5 Å². The molecule has 1 heterocycles. The van der Waals surface area contributed by atoms with Crippen molar-refractivity contribution in [2.24, 2.45) is 0 Å². The Morgan fingerprint density at radius 3 is 2.30 bits per heavy atom. The second kappa shape index (κ2) is 8.91. The van der Waals surface area contributed by atoms with Gasteiger partial charge in [0.1, 0.15) is 17.3 Å². The Balaban J connectivity index is 1.72. The molecule has 6 nitrogen and oxygen atoms in total. The average molecular weight is 367 g/mol. The zero-order chi connectivity index (χ0) is 19.1. The first-order valence-electron chi connectivity index (χ1n) is 8.64. The Kier molecular flexibility index (Phi) is 6.12. The summed E-state index contributed by atoms with van der Waals surface area (Å²) in [4.78, 5) is 16.9. The number of carbonyl (C=O) groups is 1. The summed E-state index contributed by atoms with van der Waals surface area (Å²) in [5.41, 5.74) is 1.26. The molecule has 0 aliphatic carbocycles. The van der Waals surface area contributed by atoms with Crippen LogP contribution in [0.4, 0.5) is 0 Å². The standard InChI is InChI=1S/C21H21NO5/c1-2-25-18-9-5-16(6-10-18)14-22(15-20-4-3-13-26-20)27-19-11-7-17(8-12-19)21(23)24/h3-13H,2,14-15H2,1H3,(H,23,24). The highest BCUT2D eigenvalue weighted by atomic mass is 16.7. The van der Waals surface area contributed by atoms with Crippen LogP contribution in [-0.4, -0.2) is 22.7 Å². The third-order valence-electron chi connectivity index (χ3n) is 3.84. The van der Waals surface area contributed by atoms with E-state index in [1.165, 1.54) is 12.1 Å². The van der Waals surface area contributed by atoms with Gasteiger partial charge in [-0.2, -0.15) is 0 Å². The van der Waals surface area contributed by atoms with Gasteiger partial charge in [0.2, 0.25) is 0 Å². The van der Waals surface area contributed by atoms with Crippen LogP contribution in [0.1, 0.15) is 28.6 Å². The lowest BCUT2D eigenvalue weighted by molar-refractivity contribution is -0.0800. The fraction of sp³-hybridized carbons (Fsp3) is 0.190. The number of aromatic carboxylic acids is 1. The minimum atomic E-state index is -0.969. The Morgan fingerprint density at radius 1 is 1.00 bits per heavy atom. The van der Waals surface area contributed by atoms with Crippen molar-refractivity contribution in [1.82, 2.24) is 5.06 Å². The second-order valence-electron chi connectivity index (χ2n) is 5.88. The number of furan rings is 1. The monoisotopic (exact) mass is 367 g/mol. The van der Waals surface area contributed by atoms with Crippen LogP contribution in [0.5, 0.6) is 11.5 Å². The number of ether oxygens (including phenoxy) is 1. The zero-order valence-corrected chi connectivity index (χ0v) is 15.0. The van der Waals surface area contributed by atoms with Gasteiger partial charge in [0.25, 0.3) is 0 Å². The summed E-state index contributed by atoms with van der Waals surface area (Å²) >= 11 is 0. The number of hydrogen-bond acceptors (Lipinski definition) is 5. The molecule has 3 aromatic rings. The van der Waals surface area contributed by atoms with Crippen molar-refractivity contribution in [3.05, 3.63) is 83.8 Å². The molecule has 1 aromatic heterocycles. The predicted molar refractivity (Wildman–Crippen MR) is 99.6 cm³/mol. The van der Waals surface area contributed by atoms with E-state index in [0.717, 1.165) is 17.1 Å². The van der Waals surface area contributed by atoms with E-state index in [9.17, 15) is 4.79 Å². The van der Waals surface area contributed by atoms with Crippen LogP contribution in [-0.2, 0) is 13.1 Å². The van der Waals surface area contributed by atoms with E-state index < -0.39 is 5.97 Å². The summed E-state index contributed by atoms with van der Waals surface area (Å²) in [5, 5.41) is 10.8. The molecule has 1 N–H and O–H groups in total. The number of rotatable bonds is 9. The van der Waals surface area contributed by atoms with Crippen LogP contribution in [0.3, 0.4) is 0 Å². The highest BCUT2D eigenvalue weighted by molar-refractivity contribution is 5.87. The van der Waals surface area contributed by atoms with Gasteiger partial charge in [-0.1, -0.05) is 12.1 Å². The van der Waals surface area contributed by atoms with Gasteiger partial charge in [0.15, 0.2) is 0 Å². The topological polar surface area (TPSA) is 72.1 Å². The predicted octanol–water partition coefficient (Wildman–Crippen LogP) is 4.37. The maximum absolute atomic E-state index is 11.0. The van der Waals surface area contributed by atoms with Crippen molar-refractivity contribution in [1.29, 1.82) is 0 Å². The lowest BCUT2D eigenvalue weighted by Crippen LogP contribution is -2.26. The molecule has 0 saturated heterocycles. The van der Waals surface area contributed by atoms with Crippen molar-refractivity contribution >= 4 is 5.97 Å². The molecular weight excluding hydrogens is 346 g/mol. The summed E-state index contributed by atoms with van der Waals surface area (Å²) < 4.78 is 10.9. The molecule has 0 saturated carbocycles. The minimum Gasteiger partial charge on any atom is -0.494 e. The first-order valence-corrected chi connectivity index (χ1v) is 8.64. The highest BCUT2D eigenvalue weighted by Crippen LogP contribution is 2.19. The quantitative estimate of drug-likeness (QED) is 0.566. The third kappa shape index (κ3) is 5.36. The summed E-state index contributed by atoms with van der Waals surface area (Å²) in [6.45, 7) is 3.54. The molecular formula is C21H21NO5. The molecule has 140 valence electrons.